The normalized spacial score (nSPS) is 12.7. The van der Waals surface area contributed by atoms with Crippen LogP contribution in [0.25, 0.3) is 10.4 Å². The van der Waals surface area contributed by atoms with Crippen LogP contribution in [-0.4, -0.2) is 6.54 Å². The van der Waals surface area contributed by atoms with Crippen molar-refractivity contribution in [3.63, 3.8) is 0 Å². The van der Waals surface area contributed by atoms with Gasteiger partial charge in [-0.25, -0.2) is 0 Å². The topological polar surface area (TPSA) is 12.0 Å². The fourth-order valence-electron chi connectivity index (χ4n) is 2.04. The average molecular weight is 324 g/mol. The highest BCUT2D eigenvalue weighted by molar-refractivity contribution is 9.10. The third-order valence-electron chi connectivity index (χ3n) is 3.02. The van der Waals surface area contributed by atoms with E-state index in [1.54, 1.807) is 0 Å². The molecule has 0 saturated carbocycles. The van der Waals surface area contributed by atoms with Crippen molar-refractivity contribution in [3.8, 4) is 10.4 Å². The van der Waals surface area contributed by atoms with E-state index in [2.05, 4.69) is 72.3 Å². The fourth-order valence-corrected chi connectivity index (χ4v) is 3.64. The minimum absolute atomic E-state index is 0.435. The number of benzene rings is 1. The van der Waals surface area contributed by atoms with Gasteiger partial charge in [0, 0.05) is 20.3 Å². The standard InChI is InChI=1S/C15H18BrNS/c1-4-17-11(3)14-7-8-15(18-14)13-6-5-12(16)9-10(13)2/h5-9,11,17H,4H2,1-3H3. The van der Waals surface area contributed by atoms with E-state index < -0.39 is 0 Å². The molecule has 96 valence electrons. The summed E-state index contributed by atoms with van der Waals surface area (Å²) in [7, 11) is 0. The van der Waals surface area contributed by atoms with Crippen molar-refractivity contribution in [1.82, 2.24) is 5.32 Å². The van der Waals surface area contributed by atoms with Gasteiger partial charge in [0.1, 0.15) is 0 Å². The molecule has 0 saturated heterocycles. The van der Waals surface area contributed by atoms with Gasteiger partial charge in [-0.3, -0.25) is 0 Å². The lowest BCUT2D eigenvalue weighted by molar-refractivity contribution is 0.607. The summed E-state index contributed by atoms with van der Waals surface area (Å²) in [6, 6.07) is 11.4. The minimum Gasteiger partial charge on any atom is -0.310 e. The molecule has 2 rings (SSSR count). The molecular weight excluding hydrogens is 306 g/mol. The first-order valence-electron chi connectivity index (χ1n) is 6.21. The quantitative estimate of drug-likeness (QED) is 0.819. The van der Waals surface area contributed by atoms with E-state index in [1.165, 1.54) is 20.9 Å². The molecule has 18 heavy (non-hydrogen) atoms. The Hall–Kier alpha value is -0.640. The molecule has 1 heterocycles. The Kier molecular flexibility index (Phi) is 4.60. The smallest absolute Gasteiger partial charge is 0.0386 e. The maximum atomic E-state index is 3.51. The van der Waals surface area contributed by atoms with Crippen LogP contribution < -0.4 is 5.32 Å². The second kappa shape index (κ2) is 6.00. The van der Waals surface area contributed by atoms with Crippen LogP contribution in [0.2, 0.25) is 0 Å². The molecule has 0 amide bonds. The highest BCUT2D eigenvalue weighted by atomic mass is 79.9. The summed E-state index contributed by atoms with van der Waals surface area (Å²) in [6.07, 6.45) is 0. The van der Waals surface area contributed by atoms with Crippen molar-refractivity contribution in [2.45, 2.75) is 26.8 Å². The van der Waals surface area contributed by atoms with Crippen molar-refractivity contribution < 1.29 is 0 Å². The van der Waals surface area contributed by atoms with Gasteiger partial charge in [-0.15, -0.1) is 11.3 Å². The van der Waals surface area contributed by atoms with Gasteiger partial charge >= 0.3 is 0 Å². The van der Waals surface area contributed by atoms with E-state index in [0.717, 1.165) is 11.0 Å². The van der Waals surface area contributed by atoms with Crippen molar-refractivity contribution >= 4 is 27.3 Å². The first-order valence-corrected chi connectivity index (χ1v) is 7.82. The molecule has 0 aliphatic rings. The SMILES string of the molecule is CCNC(C)c1ccc(-c2ccc(Br)cc2C)s1. The molecule has 1 atom stereocenters. The molecule has 2 aromatic rings. The molecule has 0 aliphatic heterocycles. The van der Waals surface area contributed by atoms with Crippen molar-refractivity contribution in [2.24, 2.45) is 0 Å². The Morgan fingerprint density at radius 3 is 2.72 bits per heavy atom. The maximum Gasteiger partial charge on any atom is 0.0386 e. The molecule has 0 bridgehead atoms. The van der Waals surface area contributed by atoms with E-state index in [4.69, 9.17) is 0 Å². The number of halogens is 1. The van der Waals surface area contributed by atoms with E-state index >= 15 is 0 Å². The monoisotopic (exact) mass is 323 g/mol. The highest BCUT2D eigenvalue weighted by Gasteiger charge is 2.10. The Labute approximate surface area is 121 Å². The van der Waals surface area contributed by atoms with Crippen LogP contribution in [0.1, 0.15) is 30.3 Å². The van der Waals surface area contributed by atoms with Gasteiger partial charge in [-0.1, -0.05) is 28.9 Å². The molecule has 1 unspecified atom stereocenters. The van der Waals surface area contributed by atoms with E-state index in [0.29, 0.717) is 6.04 Å². The van der Waals surface area contributed by atoms with Gasteiger partial charge < -0.3 is 5.32 Å². The number of nitrogens with one attached hydrogen (secondary N) is 1. The van der Waals surface area contributed by atoms with Crippen molar-refractivity contribution in [1.29, 1.82) is 0 Å². The van der Waals surface area contributed by atoms with Gasteiger partial charge in [0.2, 0.25) is 0 Å². The summed E-state index contributed by atoms with van der Waals surface area (Å²) in [5.41, 5.74) is 2.65. The molecule has 0 radical (unpaired) electrons. The van der Waals surface area contributed by atoms with Crippen LogP contribution in [0.3, 0.4) is 0 Å². The molecule has 1 N–H and O–H groups in total. The number of aryl methyl sites for hydroxylation is 1. The molecule has 0 spiro atoms. The summed E-state index contributed by atoms with van der Waals surface area (Å²) in [6.45, 7) is 7.52. The summed E-state index contributed by atoms with van der Waals surface area (Å²) in [5, 5.41) is 3.45. The number of rotatable bonds is 4. The van der Waals surface area contributed by atoms with Crippen LogP contribution in [0.4, 0.5) is 0 Å². The molecule has 1 aromatic heterocycles. The summed E-state index contributed by atoms with van der Waals surface area (Å²) in [4.78, 5) is 2.74. The molecule has 0 fully saturated rings. The Morgan fingerprint density at radius 1 is 1.28 bits per heavy atom. The second-order valence-corrected chi connectivity index (χ2v) is 6.47. The molecular formula is C15H18BrNS. The third kappa shape index (κ3) is 3.02. The summed E-state index contributed by atoms with van der Waals surface area (Å²) < 4.78 is 1.14. The van der Waals surface area contributed by atoms with Crippen LogP contribution in [-0.2, 0) is 0 Å². The zero-order chi connectivity index (χ0) is 13.1. The lowest BCUT2D eigenvalue weighted by Gasteiger charge is -2.09. The van der Waals surface area contributed by atoms with Crippen LogP contribution >= 0.6 is 27.3 Å². The van der Waals surface area contributed by atoms with Gasteiger partial charge in [0.15, 0.2) is 0 Å². The Bertz CT molecular complexity index is 533. The van der Waals surface area contributed by atoms with Gasteiger partial charge in [0.05, 0.1) is 0 Å². The zero-order valence-corrected chi connectivity index (χ0v) is 13.4. The van der Waals surface area contributed by atoms with Gasteiger partial charge in [-0.05, 0) is 55.8 Å². The summed E-state index contributed by atoms with van der Waals surface area (Å²) in [5.74, 6) is 0. The van der Waals surface area contributed by atoms with E-state index in [1.807, 2.05) is 11.3 Å². The molecule has 1 nitrogen and oxygen atoms in total. The Morgan fingerprint density at radius 2 is 2.06 bits per heavy atom. The average Bonchev–Trinajstić information content (AvgIpc) is 2.78. The minimum atomic E-state index is 0.435. The van der Waals surface area contributed by atoms with Crippen LogP contribution in [0.15, 0.2) is 34.8 Å². The first kappa shape index (κ1) is 13.8. The lowest BCUT2D eigenvalue weighted by atomic mass is 10.1. The third-order valence-corrected chi connectivity index (χ3v) is 4.81. The number of thiophene rings is 1. The van der Waals surface area contributed by atoms with Crippen molar-refractivity contribution in [2.75, 3.05) is 6.54 Å². The first-order chi connectivity index (χ1) is 8.61. The molecule has 0 aliphatic carbocycles. The van der Waals surface area contributed by atoms with Crippen LogP contribution in [0.5, 0.6) is 0 Å². The van der Waals surface area contributed by atoms with E-state index in [-0.39, 0.29) is 0 Å². The lowest BCUT2D eigenvalue weighted by Crippen LogP contribution is -2.16. The second-order valence-electron chi connectivity index (χ2n) is 4.44. The van der Waals surface area contributed by atoms with Crippen LogP contribution in [0, 0.1) is 6.92 Å². The van der Waals surface area contributed by atoms with E-state index in [9.17, 15) is 0 Å². The highest BCUT2D eigenvalue weighted by Crippen LogP contribution is 2.34. The largest absolute Gasteiger partial charge is 0.310 e. The Balaban J connectivity index is 2.29. The fraction of sp³-hybridized carbons (Fsp3) is 0.333. The zero-order valence-electron chi connectivity index (χ0n) is 11.0. The molecule has 3 heteroatoms. The van der Waals surface area contributed by atoms with Gasteiger partial charge in [0.25, 0.3) is 0 Å². The van der Waals surface area contributed by atoms with Crippen molar-refractivity contribution in [3.05, 3.63) is 45.2 Å². The number of hydrogen-bond donors (Lipinski definition) is 1. The predicted octanol–water partition coefficient (Wildman–Crippen LogP) is 5.16. The molecule has 1 aromatic carbocycles. The number of hydrogen-bond acceptors (Lipinski definition) is 2. The predicted molar refractivity (Wildman–Crippen MR) is 84.3 cm³/mol. The summed E-state index contributed by atoms with van der Waals surface area (Å²) >= 11 is 5.39. The maximum absolute atomic E-state index is 3.51. The van der Waals surface area contributed by atoms with Gasteiger partial charge in [-0.2, -0.15) is 0 Å².